The molecule has 1 aromatic carbocycles. The minimum absolute atomic E-state index is 0.173. The maximum absolute atomic E-state index is 9.44. The van der Waals surface area contributed by atoms with Crippen LogP contribution in [0.3, 0.4) is 0 Å². The highest BCUT2D eigenvalue weighted by Gasteiger charge is 2.17. The maximum Gasteiger partial charge on any atom is 0.0600 e. The topological polar surface area (TPSA) is 35.5 Å². The summed E-state index contributed by atoms with van der Waals surface area (Å²) in [5, 5.41) is 11.5. The number of unbranched alkanes of at least 4 members (excludes halogenated alkanes) is 3. The zero-order valence-corrected chi connectivity index (χ0v) is 13.9. The van der Waals surface area contributed by atoms with Crippen molar-refractivity contribution in [1.82, 2.24) is 10.4 Å². The third-order valence-electron chi connectivity index (χ3n) is 4.14. The van der Waals surface area contributed by atoms with E-state index in [9.17, 15) is 5.11 Å². The summed E-state index contributed by atoms with van der Waals surface area (Å²) in [4.78, 5) is 0. The van der Waals surface area contributed by atoms with E-state index in [0.29, 0.717) is 6.04 Å². The van der Waals surface area contributed by atoms with Gasteiger partial charge in [-0.2, -0.15) is 0 Å². The molecule has 3 heteroatoms. The molecule has 0 spiro atoms. The first kappa shape index (κ1) is 18.1. The minimum atomic E-state index is 0.173. The number of nitrogens with zero attached hydrogens (tertiary/aromatic N) is 1. The lowest BCUT2D eigenvalue weighted by molar-refractivity contribution is 0.0801. The zero-order chi connectivity index (χ0) is 15.5. The van der Waals surface area contributed by atoms with E-state index in [-0.39, 0.29) is 12.6 Å². The summed E-state index contributed by atoms with van der Waals surface area (Å²) in [5.74, 6) is 0. The zero-order valence-electron chi connectivity index (χ0n) is 13.9. The van der Waals surface area contributed by atoms with E-state index >= 15 is 0 Å². The molecule has 0 amide bonds. The van der Waals surface area contributed by atoms with Gasteiger partial charge in [0.05, 0.1) is 6.61 Å². The van der Waals surface area contributed by atoms with Crippen molar-refractivity contribution in [1.29, 1.82) is 0 Å². The number of benzene rings is 1. The molecule has 0 aliphatic carbocycles. The summed E-state index contributed by atoms with van der Waals surface area (Å²) in [5.41, 5.74) is 4.91. The molecule has 21 heavy (non-hydrogen) atoms. The predicted molar refractivity (Wildman–Crippen MR) is 90.0 cm³/mol. The third-order valence-corrected chi connectivity index (χ3v) is 4.14. The van der Waals surface area contributed by atoms with Gasteiger partial charge in [0, 0.05) is 19.1 Å². The van der Waals surface area contributed by atoms with Crippen molar-refractivity contribution in [3.63, 3.8) is 0 Å². The Morgan fingerprint density at radius 3 is 2.38 bits per heavy atom. The second-order valence-corrected chi connectivity index (χ2v) is 5.80. The smallest absolute Gasteiger partial charge is 0.0600 e. The van der Waals surface area contributed by atoms with Crippen LogP contribution in [-0.4, -0.2) is 29.8 Å². The molecule has 2 atom stereocenters. The summed E-state index contributed by atoms with van der Waals surface area (Å²) in [6.07, 6.45) is 7.19. The number of nitrogens with one attached hydrogen (secondary N) is 1. The van der Waals surface area contributed by atoms with Crippen molar-refractivity contribution >= 4 is 0 Å². The van der Waals surface area contributed by atoms with Gasteiger partial charge in [0.25, 0.3) is 0 Å². The lowest BCUT2D eigenvalue weighted by Crippen LogP contribution is -2.46. The van der Waals surface area contributed by atoms with E-state index in [2.05, 4.69) is 54.6 Å². The van der Waals surface area contributed by atoms with Gasteiger partial charge in [-0.05, 0) is 18.4 Å². The number of hydrogen-bond donors (Lipinski definition) is 2. The number of hydrogen-bond acceptors (Lipinski definition) is 3. The van der Waals surface area contributed by atoms with E-state index < -0.39 is 0 Å². The Bertz CT molecular complexity index is 351. The molecule has 0 bridgehead atoms. The summed E-state index contributed by atoms with van der Waals surface area (Å²) in [7, 11) is 2.03. The Balaban J connectivity index is 2.63. The van der Waals surface area contributed by atoms with E-state index in [0.717, 1.165) is 12.8 Å². The third kappa shape index (κ3) is 6.60. The van der Waals surface area contributed by atoms with Crippen molar-refractivity contribution in [3.05, 3.63) is 35.9 Å². The number of likely N-dealkylation sites (N-methyl/N-ethyl adjacent to an activating group) is 1. The molecule has 3 nitrogen and oxygen atoms in total. The first-order valence-corrected chi connectivity index (χ1v) is 8.37. The van der Waals surface area contributed by atoms with Gasteiger partial charge in [-0.3, -0.25) is 0 Å². The fourth-order valence-corrected chi connectivity index (χ4v) is 2.64. The Hall–Kier alpha value is -0.900. The Kier molecular flexibility index (Phi) is 9.31. The molecular weight excluding hydrogens is 260 g/mol. The molecule has 0 saturated heterocycles. The van der Waals surface area contributed by atoms with Crippen LogP contribution in [0.4, 0.5) is 0 Å². The van der Waals surface area contributed by atoms with Gasteiger partial charge in [-0.25, -0.2) is 10.4 Å². The lowest BCUT2D eigenvalue weighted by Gasteiger charge is -2.31. The van der Waals surface area contributed by atoms with Crippen LogP contribution in [0.5, 0.6) is 0 Å². The fraction of sp³-hybridized carbons (Fsp3) is 0.667. The molecule has 0 aliphatic rings. The van der Waals surface area contributed by atoms with Gasteiger partial charge in [0.2, 0.25) is 0 Å². The predicted octanol–water partition coefficient (Wildman–Crippen LogP) is 3.91. The average Bonchev–Trinajstić information content (AvgIpc) is 2.52. The Labute approximate surface area is 130 Å². The summed E-state index contributed by atoms with van der Waals surface area (Å²) in [6, 6.07) is 11.1. The molecule has 1 aromatic rings. The number of rotatable bonds is 11. The lowest BCUT2D eigenvalue weighted by atomic mass is 10.0. The molecule has 1 rings (SSSR count). The maximum atomic E-state index is 9.44. The van der Waals surface area contributed by atoms with Gasteiger partial charge in [0.15, 0.2) is 0 Å². The normalized spacial score (nSPS) is 14.3. The number of hydrazine groups is 1. The second kappa shape index (κ2) is 10.8. The minimum Gasteiger partial charge on any atom is -0.395 e. The number of aliphatic hydroxyl groups excluding tert-OH is 1. The van der Waals surface area contributed by atoms with Crippen LogP contribution in [0.2, 0.25) is 0 Å². The highest BCUT2D eigenvalue weighted by Crippen LogP contribution is 2.21. The first-order valence-electron chi connectivity index (χ1n) is 8.37. The van der Waals surface area contributed by atoms with E-state index in [4.69, 9.17) is 0 Å². The summed E-state index contributed by atoms with van der Waals surface area (Å²) in [6.45, 7) is 4.54. The fourth-order valence-electron chi connectivity index (χ4n) is 2.64. The summed E-state index contributed by atoms with van der Waals surface area (Å²) < 4.78 is 0. The van der Waals surface area contributed by atoms with Crippen LogP contribution in [0.15, 0.2) is 30.3 Å². The largest absolute Gasteiger partial charge is 0.395 e. The van der Waals surface area contributed by atoms with Crippen LogP contribution in [0.1, 0.15) is 64.0 Å². The van der Waals surface area contributed by atoms with Crippen molar-refractivity contribution < 1.29 is 5.11 Å². The van der Waals surface area contributed by atoms with Crippen molar-refractivity contribution in [2.75, 3.05) is 13.7 Å². The molecule has 120 valence electrons. The molecule has 0 unspecified atom stereocenters. The molecule has 0 aliphatic heterocycles. The van der Waals surface area contributed by atoms with Gasteiger partial charge in [0.1, 0.15) is 0 Å². The molecule has 0 radical (unpaired) electrons. The first-order chi connectivity index (χ1) is 10.2. The monoisotopic (exact) mass is 292 g/mol. The van der Waals surface area contributed by atoms with E-state index in [1.54, 1.807) is 0 Å². The van der Waals surface area contributed by atoms with Crippen LogP contribution < -0.4 is 5.43 Å². The molecule has 0 aromatic heterocycles. The van der Waals surface area contributed by atoms with Crippen LogP contribution in [-0.2, 0) is 0 Å². The van der Waals surface area contributed by atoms with Gasteiger partial charge in [-0.15, -0.1) is 0 Å². The van der Waals surface area contributed by atoms with Gasteiger partial charge in [-0.1, -0.05) is 69.9 Å². The van der Waals surface area contributed by atoms with Crippen LogP contribution in [0.25, 0.3) is 0 Å². The molecule has 2 N–H and O–H groups in total. The molecule has 0 fully saturated rings. The number of aliphatic hydroxyl groups is 1. The average molecular weight is 292 g/mol. The van der Waals surface area contributed by atoms with Gasteiger partial charge < -0.3 is 5.11 Å². The van der Waals surface area contributed by atoms with Crippen LogP contribution >= 0.6 is 0 Å². The highest BCUT2D eigenvalue weighted by atomic mass is 16.3. The Morgan fingerprint density at radius 1 is 1.10 bits per heavy atom. The van der Waals surface area contributed by atoms with Crippen molar-refractivity contribution in [3.8, 4) is 0 Å². The SMILES string of the molecule is CCCCCC[C@@H](NN(C)[C@H](CC)CO)c1ccccc1. The Morgan fingerprint density at radius 2 is 1.81 bits per heavy atom. The van der Waals surface area contributed by atoms with Crippen molar-refractivity contribution in [2.24, 2.45) is 0 Å². The summed E-state index contributed by atoms with van der Waals surface area (Å²) >= 11 is 0. The molecular formula is C18H32N2O. The standard InChI is InChI=1S/C18H32N2O/c1-4-6-7-11-14-18(16-12-9-8-10-13-16)19-20(3)17(5-2)15-21/h8-10,12-13,17-19,21H,4-7,11,14-15H2,1-3H3/t17-,18-/m1/s1. The van der Waals surface area contributed by atoms with Gasteiger partial charge >= 0.3 is 0 Å². The molecule has 0 saturated carbocycles. The second-order valence-electron chi connectivity index (χ2n) is 5.80. The molecule has 0 heterocycles. The van der Waals surface area contributed by atoms with Crippen molar-refractivity contribution in [2.45, 2.75) is 64.5 Å². The highest BCUT2D eigenvalue weighted by molar-refractivity contribution is 5.18. The quantitative estimate of drug-likeness (QED) is 0.479. The van der Waals surface area contributed by atoms with Crippen LogP contribution in [0, 0.1) is 0 Å². The van der Waals surface area contributed by atoms with E-state index in [1.165, 1.54) is 31.2 Å². The van der Waals surface area contributed by atoms with E-state index in [1.807, 2.05) is 7.05 Å².